The van der Waals surface area contributed by atoms with Crippen LogP contribution in [0.1, 0.15) is 39.5 Å². The average Bonchev–Trinajstić information content (AvgIpc) is 2.30. The Labute approximate surface area is 100 Å². The van der Waals surface area contributed by atoms with Crippen LogP contribution >= 0.6 is 0 Å². The molecule has 0 aromatic carbocycles. The number of nitrogens with two attached hydrogens (primary N) is 3. The van der Waals surface area contributed by atoms with Crippen LogP contribution < -0.4 is 22.5 Å². The van der Waals surface area contributed by atoms with E-state index in [4.69, 9.17) is 17.2 Å². The molecule has 0 saturated heterocycles. The summed E-state index contributed by atoms with van der Waals surface area (Å²) < 4.78 is 0. The summed E-state index contributed by atoms with van der Waals surface area (Å²) in [5.74, 6) is 1.11. The molecule has 4 heteroatoms. The molecule has 0 bridgehead atoms. The summed E-state index contributed by atoms with van der Waals surface area (Å²) in [5, 5.41) is 3.37. The van der Waals surface area contributed by atoms with Gasteiger partial charge in [-0.05, 0) is 57.2 Å². The van der Waals surface area contributed by atoms with Crippen molar-refractivity contribution in [1.82, 2.24) is 5.32 Å². The van der Waals surface area contributed by atoms with Crippen LogP contribution in [0.4, 0.5) is 0 Å². The SMILES string of the molecule is CC(CN)CCCNC(N)C(C)CCCN. The van der Waals surface area contributed by atoms with Gasteiger partial charge in [0.05, 0.1) is 6.17 Å². The topological polar surface area (TPSA) is 90.1 Å². The van der Waals surface area contributed by atoms with E-state index in [1.807, 2.05) is 0 Å². The molecule has 3 unspecified atom stereocenters. The molecule has 7 N–H and O–H groups in total. The molecule has 0 rings (SSSR count). The van der Waals surface area contributed by atoms with Gasteiger partial charge in [-0.3, -0.25) is 0 Å². The van der Waals surface area contributed by atoms with Crippen LogP contribution in [-0.4, -0.2) is 25.8 Å². The van der Waals surface area contributed by atoms with Crippen molar-refractivity contribution in [3.63, 3.8) is 0 Å². The van der Waals surface area contributed by atoms with Gasteiger partial charge >= 0.3 is 0 Å². The van der Waals surface area contributed by atoms with Crippen molar-refractivity contribution in [1.29, 1.82) is 0 Å². The monoisotopic (exact) mass is 230 g/mol. The fourth-order valence-corrected chi connectivity index (χ4v) is 1.66. The summed E-state index contributed by atoms with van der Waals surface area (Å²) in [7, 11) is 0. The summed E-state index contributed by atoms with van der Waals surface area (Å²) in [4.78, 5) is 0. The molecule has 0 aliphatic rings. The molecule has 0 saturated carbocycles. The lowest BCUT2D eigenvalue weighted by atomic mass is 10.0. The third kappa shape index (κ3) is 8.05. The second kappa shape index (κ2) is 10.0. The second-order valence-corrected chi connectivity index (χ2v) is 4.87. The quantitative estimate of drug-likeness (QED) is 0.327. The van der Waals surface area contributed by atoms with E-state index in [0.717, 1.165) is 38.9 Å². The van der Waals surface area contributed by atoms with Crippen LogP contribution in [0, 0.1) is 11.8 Å². The van der Waals surface area contributed by atoms with Gasteiger partial charge < -0.3 is 22.5 Å². The molecule has 0 aromatic rings. The number of hydrogen-bond donors (Lipinski definition) is 4. The molecule has 0 aliphatic carbocycles. The van der Waals surface area contributed by atoms with Crippen molar-refractivity contribution in [2.24, 2.45) is 29.0 Å². The van der Waals surface area contributed by atoms with Gasteiger partial charge in [0.15, 0.2) is 0 Å². The third-order valence-corrected chi connectivity index (χ3v) is 3.13. The molecule has 0 heterocycles. The Morgan fingerprint density at radius 3 is 2.31 bits per heavy atom. The molecule has 0 radical (unpaired) electrons. The van der Waals surface area contributed by atoms with E-state index in [9.17, 15) is 0 Å². The normalized spacial score (nSPS) is 17.1. The average molecular weight is 230 g/mol. The Bertz CT molecular complexity index is 152. The van der Waals surface area contributed by atoms with Crippen LogP contribution in [0.3, 0.4) is 0 Å². The first-order valence-corrected chi connectivity index (χ1v) is 6.50. The summed E-state index contributed by atoms with van der Waals surface area (Å²) in [6, 6.07) is 0. The number of hydrogen-bond acceptors (Lipinski definition) is 4. The molecule has 0 fully saturated rings. The van der Waals surface area contributed by atoms with E-state index >= 15 is 0 Å². The van der Waals surface area contributed by atoms with Gasteiger partial charge in [0.2, 0.25) is 0 Å². The molecule has 0 amide bonds. The van der Waals surface area contributed by atoms with Crippen LogP contribution in [0.2, 0.25) is 0 Å². The lowest BCUT2D eigenvalue weighted by molar-refractivity contribution is 0.352. The fourth-order valence-electron chi connectivity index (χ4n) is 1.66. The Morgan fingerprint density at radius 1 is 1.06 bits per heavy atom. The zero-order chi connectivity index (χ0) is 12.4. The van der Waals surface area contributed by atoms with E-state index in [-0.39, 0.29) is 6.17 Å². The summed E-state index contributed by atoms with van der Waals surface area (Å²) in [6.07, 6.45) is 4.58. The van der Waals surface area contributed by atoms with Crippen LogP contribution in [0.5, 0.6) is 0 Å². The Balaban J connectivity index is 3.45. The number of nitrogens with one attached hydrogen (secondary N) is 1. The van der Waals surface area contributed by atoms with Crippen molar-refractivity contribution in [3.8, 4) is 0 Å². The second-order valence-electron chi connectivity index (χ2n) is 4.87. The Hall–Kier alpha value is -0.160. The minimum atomic E-state index is 0.0970. The van der Waals surface area contributed by atoms with Crippen molar-refractivity contribution >= 4 is 0 Å². The molecular formula is C12H30N4. The van der Waals surface area contributed by atoms with Crippen molar-refractivity contribution in [2.45, 2.75) is 45.7 Å². The molecule has 0 aliphatic heterocycles. The van der Waals surface area contributed by atoms with Crippen LogP contribution in [0.15, 0.2) is 0 Å². The largest absolute Gasteiger partial charge is 0.330 e. The van der Waals surface area contributed by atoms with Gasteiger partial charge in [0.1, 0.15) is 0 Å². The van der Waals surface area contributed by atoms with Crippen molar-refractivity contribution < 1.29 is 0 Å². The minimum Gasteiger partial charge on any atom is -0.330 e. The Morgan fingerprint density at radius 2 is 1.75 bits per heavy atom. The standard InChI is InChI=1S/C12H30N4/c1-10(9-14)5-4-8-16-12(15)11(2)6-3-7-13/h10-12,16H,3-9,13-15H2,1-2H3. The first-order chi connectivity index (χ1) is 7.61. The first-order valence-electron chi connectivity index (χ1n) is 6.50. The third-order valence-electron chi connectivity index (χ3n) is 3.13. The highest BCUT2D eigenvalue weighted by molar-refractivity contribution is 4.67. The van der Waals surface area contributed by atoms with Gasteiger partial charge in [0, 0.05) is 0 Å². The summed E-state index contributed by atoms with van der Waals surface area (Å²) >= 11 is 0. The zero-order valence-electron chi connectivity index (χ0n) is 10.9. The van der Waals surface area contributed by atoms with Crippen LogP contribution in [0.25, 0.3) is 0 Å². The highest BCUT2D eigenvalue weighted by Gasteiger charge is 2.10. The summed E-state index contributed by atoms with van der Waals surface area (Å²) in [5.41, 5.74) is 17.1. The van der Waals surface area contributed by atoms with E-state index < -0.39 is 0 Å². The number of rotatable bonds is 10. The van der Waals surface area contributed by atoms with E-state index in [0.29, 0.717) is 11.8 Å². The van der Waals surface area contributed by atoms with Gasteiger partial charge in [0.25, 0.3) is 0 Å². The van der Waals surface area contributed by atoms with Gasteiger partial charge in [-0.1, -0.05) is 13.8 Å². The highest BCUT2D eigenvalue weighted by Crippen LogP contribution is 2.07. The molecule has 0 spiro atoms. The maximum absolute atomic E-state index is 6.03. The van der Waals surface area contributed by atoms with Crippen molar-refractivity contribution in [3.05, 3.63) is 0 Å². The molecular weight excluding hydrogens is 200 g/mol. The van der Waals surface area contributed by atoms with Gasteiger partial charge in [-0.2, -0.15) is 0 Å². The molecule has 4 nitrogen and oxygen atoms in total. The van der Waals surface area contributed by atoms with Gasteiger partial charge in [-0.15, -0.1) is 0 Å². The fraction of sp³-hybridized carbons (Fsp3) is 1.00. The van der Waals surface area contributed by atoms with Crippen molar-refractivity contribution in [2.75, 3.05) is 19.6 Å². The molecule has 0 aromatic heterocycles. The maximum atomic E-state index is 6.03. The molecule has 16 heavy (non-hydrogen) atoms. The summed E-state index contributed by atoms with van der Waals surface area (Å²) in [6.45, 7) is 6.88. The minimum absolute atomic E-state index is 0.0970. The van der Waals surface area contributed by atoms with Crippen LogP contribution in [-0.2, 0) is 0 Å². The zero-order valence-corrected chi connectivity index (χ0v) is 10.9. The predicted octanol–water partition coefficient (Wildman–Crippen LogP) is 0.611. The van der Waals surface area contributed by atoms with E-state index in [1.54, 1.807) is 0 Å². The van der Waals surface area contributed by atoms with Gasteiger partial charge in [-0.25, -0.2) is 0 Å². The van der Waals surface area contributed by atoms with E-state index in [1.165, 1.54) is 6.42 Å². The highest BCUT2D eigenvalue weighted by atomic mass is 15.0. The smallest absolute Gasteiger partial charge is 0.0572 e. The lowest BCUT2D eigenvalue weighted by Crippen LogP contribution is -2.43. The molecule has 98 valence electrons. The van der Waals surface area contributed by atoms with E-state index in [2.05, 4.69) is 19.2 Å². The lowest BCUT2D eigenvalue weighted by Gasteiger charge is -2.21. The predicted molar refractivity (Wildman–Crippen MR) is 70.9 cm³/mol. The molecule has 3 atom stereocenters. The first kappa shape index (κ1) is 15.8. The Kier molecular flexibility index (Phi) is 9.92. The maximum Gasteiger partial charge on any atom is 0.0572 e.